The van der Waals surface area contributed by atoms with E-state index in [1.165, 1.54) is 5.56 Å². The van der Waals surface area contributed by atoms with Crippen molar-refractivity contribution in [2.75, 3.05) is 6.54 Å². The quantitative estimate of drug-likeness (QED) is 0.852. The van der Waals surface area contributed by atoms with Crippen molar-refractivity contribution in [1.82, 2.24) is 5.31 Å². The number of nitrogens with one attached hydrogen (secondary N) is 1. The lowest BCUT2D eigenvalue weighted by Crippen LogP contribution is -2.28. The van der Waals surface area contributed by atoms with Gasteiger partial charge in [0.05, 0.1) is 6.42 Å². The molecule has 1 rings (SSSR count). The van der Waals surface area contributed by atoms with Crippen LogP contribution < -0.4 is 5.31 Å². The minimum absolute atomic E-state index is 0.136. The van der Waals surface area contributed by atoms with Crippen LogP contribution in [0.3, 0.4) is 0 Å². The Kier molecular flexibility index (Phi) is 4.18. The summed E-state index contributed by atoms with van der Waals surface area (Å²) in [6.07, 6.45) is 1.16. The van der Waals surface area contributed by atoms with Gasteiger partial charge in [-0.2, -0.15) is 0 Å². The first-order valence-electron chi connectivity index (χ1n) is 6.57. The van der Waals surface area contributed by atoms with Crippen LogP contribution in [0.15, 0.2) is 24.3 Å². The van der Waals surface area contributed by atoms with Crippen LogP contribution in [0.5, 0.6) is 0 Å². The summed E-state index contributed by atoms with van der Waals surface area (Å²) in [5, 5.41) is 1.09. The number of carbonyl (C=O) groups excluding carboxylic acids is 1. The Labute approximate surface area is 106 Å². The van der Waals surface area contributed by atoms with Gasteiger partial charge in [0.25, 0.3) is 0 Å². The maximum Gasteiger partial charge on any atom is 0.224 e. The number of hydrogen-bond donors (Lipinski definition) is 1. The predicted molar refractivity (Wildman–Crippen MR) is 72.0 cm³/mol. The number of rotatable bonds is 4. The molecule has 0 spiro atoms. The maximum absolute atomic E-state index is 11.9. The minimum atomic E-state index is -0.136. The highest BCUT2D eigenvalue weighted by molar-refractivity contribution is 5.78. The van der Waals surface area contributed by atoms with Crippen molar-refractivity contribution in [3.63, 3.8) is 0 Å². The number of benzene rings is 1. The van der Waals surface area contributed by atoms with Gasteiger partial charge in [-0.15, -0.1) is 0 Å². The van der Waals surface area contributed by atoms with Crippen LogP contribution in [0.4, 0.5) is 0 Å². The second kappa shape index (κ2) is 5.85. The summed E-state index contributed by atoms with van der Waals surface area (Å²) in [6.45, 7) is 8.86. The lowest BCUT2D eigenvalue weighted by Gasteiger charge is -2.18. The molecule has 0 aliphatic heterocycles. The molecule has 94 valence electrons. The van der Waals surface area contributed by atoms with E-state index in [2.05, 4.69) is 20.8 Å². The molecule has 0 bridgehead atoms. The van der Waals surface area contributed by atoms with E-state index < -0.39 is 0 Å². The summed E-state index contributed by atoms with van der Waals surface area (Å²) in [4.78, 5) is 11.9. The van der Waals surface area contributed by atoms with Crippen LogP contribution in [0, 0.1) is 12.3 Å². The molecule has 0 saturated heterocycles. The number of hydrogen-bond acceptors (Lipinski definition) is 1. The van der Waals surface area contributed by atoms with Crippen molar-refractivity contribution in [3.8, 4) is 0 Å². The molecule has 0 fully saturated rings. The van der Waals surface area contributed by atoms with Gasteiger partial charge in [0, 0.05) is 6.54 Å². The van der Waals surface area contributed by atoms with Gasteiger partial charge in [-0.3, -0.25) is 4.79 Å². The Bertz CT molecular complexity index is 392. The molecular weight excluding hydrogens is 210 g/mol. The van der Waals surface area contributed by atoms with E-state index in [0.29, 0.717) is 13.0 Å². The molecule has 2 nitrogen and oxygen atoms in total. The van der Waals surface area contributed by atoms with Crippen molar-refractivity contribution >= 4 is 5.91 Å². The summed E-state index contributed by atoms with van der Waals surface area (Å²) < 4.78 is 7.73. The van der Waals surface area contributed by atoms with E-state index in [9.17, 15) is 4.79 Å². The summed E-state index contributed by atoms with van der Waals surface area (Å²) in [5.41, 5.74) is 2.31. The Balaban J connectivity index is 2.47. The summed E-state index contributed by atoms with van der Waals surface area (Å²) in [6, 6.07) is 7.88. The Morgan fingerprint density at radius 1 is 1.29 bits per heavy atom. The van der Waals surface area contributed by atoms with Crippen LogP contribution in [-0.2, 0) is 11.2 Å². The van der Waals surface area contributed by atoms with Crippen LogP contribution in [-0.4, -0.2) is 12.5 Å². The number of carbonyl (C=O) groups is 1. The van der Waals surface area contributed by atoms with Crippen molar-refractivity contribution in [1.29, 1.82) is 0 Å². The average molecular weight is 234 g/mol. The smallest absolute Gasteiger partial charge is 0.224 e. The molecule has 0 saturated carbocycles. The Hall–Kier alpha value is -1.31. The Morgan fingerprint density at radius 2 is 1.88 bits per heavy atom. The van der Waals surface area contributed by atoms with Crippen LogP contribution in [0.25, 0.3) is 0 Å². The first-order valence-corrected chi connectivity index (χ1v) is 6.13. The lowest BCUT2D eigenvalue weighted by atomic mass is 9.92. The van der Waals surface area contributed by atoms with E-state index in [4.69, 9.17) is 1.41 Å². The lowest BCUT2D eigenvalue weighted by molar-refractivity contribution is -0.120. The molecule has 0 aromatic heterocycles. The molecular formula is C15H23NO. The van der Waals surface area contributed by atoms with Gasteiger partial charge >= 0.3 is 0 Å². The molecule has 0 aliphatic rings. The first kappa shape index (κ1) is 12.2. The fourth-order valence-corrected chi connectivity index (χ4v) is 1.45. The van der Waals surface area contributed by atoms with Gasteiger partial charge in [-0.1, -0.05) is 50.6 Å². The van der Waals surface area contributed by atoms with E-state index >= 15 is 0 Å². The van der Waals surface area contributed by atoms with Gasteiger partial charge in [-0.05, 0) is 24.3 Å². The fourth-order valence-electron chi connectivity index (χ4n) is 1.45. The molecule has 17 heavy (non-hydrogen) atoms. The second-order valence-electron chi connectivity index (χ2n) is 5.75. The highest BCUT2D eigenvalue weighted by Crippen LogP contribution is 2.16. The molecule has 0 unspecified atom stereocenters. The molecule has 0 heterocycles. The maximum atomic E-state index is 11.9. The van der Waals surface area contributed by atoms with E-state index in [-0.39, 0.29) is 11.3 Å². The standard InChI is InChI=1S/C15H23NO/c1-12-5-7-13(8-6-12)11-14(17)16-10-9-15(2,3)4/h5-8H,9-11H2,1-4H3,(H,16,17)/i/hD. The van der Waals surface area contributed by atoms with Crippen LogP contribution in [0.1, 0.15) is 38.3 Å². The third kappa shape index (κ3) is 6.10. The van der Waals surface area contributed by atoms with E-state index in [0.717, 1.165) is 17.3 Å². The molecule has 0 aliphatic carbocycles. The summed E-state index contributed by atoms with van der Waals surface area (Å²) in [5.74, 6) is -0.136. The predicted octanol–water partition coefficient (Wildman–Crippen LogP) is 3.09. The summed E-state index contributed by atoms with van der Waals surface area (Å²) >= 11 is 0. The largest absolute Gasteiger partial charge is 0.356 e. The van der Waals surface area contributed by atoms with Crippen LogP contribution in [0.2, 0.25) is 1.41 Å². The van der Waals surface area contributed by atoms with Gasteiger partial charge < -0.3 is 5.31 Å². The Morgan fingerprint density at radius 3 is 2.41 bits per heavy atom. The zero-order chi connectivity index (χ0) is 13.8. The molecule has 2 heteroatoms. The topological polar surface area (TPSA) is 29.1 Å². The molecule has 1 aromatic rings. The van der Waals surface area contributed by atoms with E-state index in [1.54, 1.807) is 0 Å². The van der Waals surface area contributed by atoms with Gasteiger partial charge in [0.15, 0.2) is 1.41 Å². The van der Waals surface area contributed by atoms with Crippen LogP contribution >= 0.6 is 0 Å². The van der Waals surface area contributed by atoms with E-state index in [1.807, 2.05) is 31.2 Å². The zero-order valence-electron chi connectivity index (χ0n) is 12.3. The van der Waals surface area contributed by atoms with Crippen molar-refractivity contribution in [2.24, 2.45) is 5.41 Å². The highest BCUT2D eigenvalue weighted by atomic mass is 16.1. The van der Waals surface area contributed by atoms with Crippen molar-refractivity contribution in [3.05, 3.63) is 35.4 Å². The molecule has 0 atom stereocenters. The van der Waals surface area contributed by atoms with Crippen molar-refractivity contribution < 1.29 is 6.21 Å². The second-order valence-corrected chi connectivity index (χ2v) is 5.75. The third-order valence-corrected chi connectivity index (χ3v) is 2.63. The third-order valence-electron chi connectivity index (χ3n) is 2.63. The van der Waals surface area contributed by atoms with Gasteiger partial charge in [0.1, 0.15) is 0 Å². The molecule has 1 amide bonds. The van der Waals surface area contributed by atoms with Gasteiger partial charge in [-0.25, -0.2) is 0 Å². The number of amides is 1. The molecule has 0 radical (unpaired) electrons. The number of aryl methyl sites for hydroxylation is 1. The first-order chi connectivity index (χ1) is 8.28. The summed E-state index contributed by atoms with van der Waals surface area (Å²) in [7, 11) is 0. The molecule has 1 N–H and O–H groups in total. The molecule has 1 aromatic carbocycles. The normalized spacial score (nSPS) is 12.1. The SMILES string of the molecule is [2H]N(CCC(C)(C)C)C(=O)Cc1ccc(C)cc1. The van der Waals surface area contributed by atoms with Gasteiger partial charge in [0.2, 0.25) is 5.91 Å². The van der Waals surface area contributed by atoms with Crippen molar-refractivity contribution in [2.45, 2.75) is 40.5 Å². The highest BCUT2D eigenvalue weighted by Gasteiger charge is 2.10. The minimum Gasteiger partial charge on any atom is -0.356 e. The fraction of sp³-hybridized carbons (Fsp3) is 0.533. The average Bonchev–Trinajstić information content (AvgIpc) is 2.28. The monoisotopic (exact) mass is 234 g/mol. The zero-order valence-corrected chi connectivity index (χ0v) is 11.3.